The first-order chi connectivity index (χ1) is 14.4. The van der Waals surface area contributed by atoms with Crippen molar-refractivity contribution in [3.63, 3.8) is 0 Å². The monoisotopic (exact) mass is 469 g/mol. The van der Waals surface area contributed by atoms with Gasteiger partial charge in [-0.2, -0.15) is 0 Å². The Balaban J connectivity index is 1.79. The van der Waals surface area contributed by atoms with Crippen LogP contribution in [0, 0.1) is 11.6 Å². The van der Waals surface area contributed by atoms with E-state index in [0.29, 0.717) is 10.5 Å². The number of ether oxygens (including phenoxy) is 1. The third kappa shape index (κ3) is 5.17. The Labute approximate surface area is 190 Å². The van der Waals surface area contributed by atoms with E-state index in [4.69, 9.17) is 25.6 Å². The topological polar surface area (TPSA) is 56.8 Å². The SMILES string of the molecule is CC(=O)OCc1cc(F)cc(SNc2cccc(B3OC(C)(C)C(C)(C)O3)c2F)c1Cl. The molecule has 0 saturated carbocycles. The molecule has 2 aromatic carbocycles. The van der Waals surface area contributed by atoms with Gasteiger partial charge in [-0.15, -0.1) is 0 Å². The molecule has 1 aliphatic rings. The predicted molar refractivity (Wildman–Crippen MR) is 118 cm³/mol. The summed E-state index contributed by atoms with van der Waals surface area (Å²) >= 11 is 7.26. The molecule has 1 saturated heterocycles. The number of nitrogens with one attached hydrogen (secondary N) is 1. The van der Waals surface area contributed by atoms with Crippen LogP contribution in [0.4, 0.5) is 14.5 Å². The molecule has 0 radical (unpaired) electrons. The minimum Gasteiger partial charge on any atom is -0.461 e. The van der Waals surface area contributed by atoms with Gasteiger partial charge in [0, 0.05) is 17.9 Å². The van der Waals surface area contributed by atoms with Crippen LogP contribution in [0.3, 0.4) is 0 Å². The average molecular weight is 470 g/mol. The Hall–Kier alpha value is -1.81. The van der Waals surface area contributed by atoms with Crippen LogP contribution in [0.5, 0.6) is 0 Å². The molecule has 0 aromatic heterocycles. The van der Waals surface area contributed by atoms with Gasteiger partial charge in [-0.25, -0.2) is 8.78 Å². The second-order valence-corrected chi connectivity index (χ2v) is 9.38. The molecule has 1 aliphatic heterocycles. The summed E-state index contributed by atoms with van der Waals surface area (Å²) in [5.41, 5.74) is -0.470. The molecule has 0 atom stereocenters. The minimum atomic E-state index is -0.857. The van der Waals surface area contributed by atoms with Crippen molar-refractivity contribution in [3.05, 3.63) is 52.6 Å². The van der Waals surface area contributed by atoms with E-state index in [1.807, 2.05) is 27.7 Å². The number of benzene rings is 2. The molecule has 0 spiro atoms. The summed E-state index contributed by atoms with van der Waals surface area (Å²) in [5, 5.41) is 0.211. The highest BCUT2D eigenvalue weighted by Crippen LogP contribution is 2.37. The molecule has 10 heteroatoms. The third-order valence-electron chi connectivity index (χ3n) is 5.32. The summed E-state index contributed by atoms with van der Waals surface area (Å²) in [6.07, 6.45) is 0. The summed E-state index contributed by atoms with van der Waals surface area (Å²) in [5.74, 6) is -1.60. The van der Waals surface area contributed by atoms with Crippen molar-refractivity contribution in [3.8, 4) is 0 Å². The Morgan fingerprint density at radius 2 is 1.84 bits per heavy atom. The number of carbonyl (C=O) groups is 1. The summed E-state index contributed by atoms with van der Waals surface area (Å²) in [4.78, 5) is 11.4. The van der Waals surface area contributed by atoms with Crippen molar-refractivity contribution >= 4 is 47.8 Å². The van der Waals surface area contributed by atoms with Crippen molar-refractivity contribution in [2.75, 3.05) is 4.72 Å². The largest absolute Gasteiger partial charge is 0.497 e. The highest BCUT2D eigenvalue weighted by molar-refractivity contribution is 8.00. The van der Waals surface area contributed by atoms with Crippen LogP contribution in [0.1, 0.15) is 40.2 Å². The van der Waals surface area contributed by atoms with E-state index in [0.717, 1.165) is 11.9 Å². The second kappa shape index (κ2) is 8.98. The lowest BCUT2D eigenvalue weighted by atomic mass is 9.78. The molecule has 2 aromatic rings. The molecule has 0 bridgehead atoms. The number of halogens is 3. The maximum Gasteiger partial charge on any atom is 0.497 e. The molecular weight excluding hydrogens is 447 g/mol. The number of rotatable bonds is 6. The lowest BCUT2D eigenvalue weighted by Crippen LogP contribution is -2.41. The maximum atomic E-state index is 15.2. The first kappa shape index (κ1) is 23.8. The summed E-state index contributed by atoms with van der Waals surface area (Å²) in [6, 6.07) is 7.22. The lowest BCUT2D eigenvalue weighted by molar-refractivity contribution is -0.142. The van der Waals surface area contributed by atoms with Gasteiger partial charge in [0.15, 0.2) is 0 Å². The van der Waals surface area contributed by atoms with Crippen LogP contribution in [0.15, 0.2) is 35.2 Å². The van der Waals surface area contributed by atoms with Crippen molar-refractivity contribution in [2.45, 2.75) is 57.3 Å². The van der Waals surface area contributed by atoms with Gasteiger partial charge in [0.2, 0.25) is 0 Å². The van der Waals surface area contributed by atoms with Crippen molar-refractivity contribution in [1.29, 1.82) is 0 Å². The molecule has 0 aliphatic carbocycles. The molecule has 5 nitrogen and oxygen atoms in total. The zero-order chi connectivity index (χ0) is 23.0. The number of hydrogen-bond donors (Lipinski definition) is 1. The maximum absolute atomic E-state index is 15.2. The molecule has 1 N–H and O–H groups in total. The van der Waals surface area contributed by atoms with Gasteiger partial charge in [-0.3, -0.25) is 4.79 Å². The first-order valence-electron chi connectivity index (χ1n) is 9.59. The molecule has 0 amide bonds. The smallest absolute Gasteiger partial charge is 0.461 e. The van der Waals surface area contributed by atoms with E-state index in [1.165, 1.54) is 19.1 Å². The fraction of sp³-hybridized carbons (Fsp3) is 0.381. The highest BCUT2D eigenvalue weighted by atomic mass is 35.5. The molecule has 0 unspecified atom stereocenters. The van der Waals surface area contributed by atoms with E-state index in [9.17, 15) is 9.18 Å². The molecule has 1 heterocycles. The Bertz CT molecular complexity index is 990. The van der Waals surface area contributed by atoms with Crippen LogP contribution in [-0.2, 0) is 25.4 Å². The van der Waals surface area contributed by atoms with Gasteiger partial charge >= 0.3 is 13.1 Å². The lowest BCUT2D eigenvalue weighted by Gasteiger charge is -2.32. The zero-order valence-corrected chi connectivity index (χ0v) is 19.4. The first-order valence-corrected chi connectivity index (χ1v) is 10.8. The van der Waals surface area contributed by atoms with Crippen LogP contribution in [-0.4, -0.2) is 24.3 Å². The van der Waals surface area contributed by atoms with Gasteiger partial charge in [-0.1, -0.05) is 23.7 Å². The van der Waals surface area contributed by atoms with Crippen molar-refractivity contribution in [1.82, 2.24) is 0 Å². The quantitative estimate of drug-likeness (QED) is 0.361. The van der Waals surface area contributed by atoms with Crippen LogP contribution < -0.4 is 10.2 Å². The number of carbonyl (C=O) groups excluding carboxylic acids is 1. The van der Waals surface area contributed by atoms with E-state index >= 15 is 4.39 Å². The third-order valence-corrected chi connectivity index (χ3v) is 6.74. The molecule has 166 valence electrons. The Kier molecular flexibility index (Phi) is 6.91. The molecule has 31 heavy (non-hydrogen) atoms. The summed E-state index contributed by atoms with van der Waals surface area (Å²) in [7, 11) is -0.857. The van der Waals surface area contributed by atoms with Gasteiger partial charge in [-0.05, 0) is 57.8 Å². The summed E-state index contributed by atoms with van der Waals surface area (Å²) < 4.78 is 48.8. The normalized spacial score (nSPS) is 17.0. The fourth-order valence-corrected chi connectivity index (χ4v) is 3.92. The molecular formula is C21H23BClF2NO4S. The number of esters is 1. The summed E-state index contributed by atoms with van der Waals surface area (Å²) in [6.45, 7) is 8.65. The van der Waals surface area contributed by atoms with Crippen molar-refractivity contribution in [2.24, 2.45) is 0 Å². The average Bonchev–Trinajstić information content (AvgIpc) is 2.88. The van der Waals surface area contributed by atoms with E-state index in [-0.39, 0.29) is 22.8 Å². The van der Waals surface area contributed by atoms with E-state index in [1.54, 1.807) is 18.2 Å². The standard InChI is InChI=1S/C21H23BClF2NO4S/c1-12(27)28-11-13-9-14(24)10-17(18(13)23)31-26-16-8-6-7-15(19(16)25)22-29-20(2,3)21(4,5)30-22/h6-10,26H,11H2,1-5H3. The Morgan fingerprint density at radius 3 is 2.45 bits per heavy atom. The van der Waals surface area contributed by atoms with Gasteiger partial charge in [0.25, 0.3) is 0 Å². The fourth-order valence-electron chi connectivity index (χ4n) is 2.87. The highest BCUT2D eigenvalue weighted by Gasteiger charge is 2.52. The second-order valence-electron chi connectivity index (χ2n) is 8.16. The number of hydrogen-bond acceptors (Lipinski definition) is 6. The van der Waals surface area contributed by atoms with Gasteiger partial charge in [0.1, 0.15) is 18.2 Å². The predicted octanol–water partition coefficient (Wildman–Crippen LogP) is 5.10. The van der Waals surface area contributed by atoms with E-state index in [2.05, 4.69) is 4.72 Å². The van der Waals surface area contributed by atoms with Crippen LogP contribution in [0.2, 0.25) is 5.02 Å². The van der Waals surface area contributed by atoms with Gasteiger partial charge in [0.05, 0.1) is 26.8 Å². The minimum absolute atomic E-state index is 0.161. The number of anilines is 1. The van der Waals surface area contributed by atoms with Crippen molar-refractivity contribution < 1.29 is 27.6 Å². The molecule has 1 fully saturated rings. The molecule has 3 rings (SSSR count). The van der Waals surface area contributed by atoms with Crippen LogP contribution >= 0.6 is 23.5 Å². The van der Waals surface area contributed by atoms with E-state index < -0.39 is 35.9 Å². The zero-order valence-electron chi connectivity index (χ0n) is 17.8. The Morgan fingerprint density at radius 1 is 1.19 bits per heavy atom. The van der Waals surface area contributed by atoms with Gasteiger partial charge < -0.3 is 18.8 Å². The van der Waals surface area contributed by atoms with Crippen LogP contribution in [0.25, 0.3) is 0 Å².